The second-order valence-electron chi connectivity index (χ2n) is 7.72. The van der Waals surface area contributed by atoms with Crippen LogP contribution < -0.4 is 10.2 Å². The molecule has 0 spiro atoms. The summed E-state index contributed by atoms with van der Waals surface area (Å²) in [5, 5.41) is 3.91. The average Bonchev–Trinajstić information content (AvgIpc) is 2.69. The highest BCUT2D eigenvalue weighted by Gasteiger charge is 2.20. The molecular formula is C21H33N7O. The van der Waals surface area contributed by atoms with Crippen molar-refractivity contribution in [2.24, 2.45) is 0 Å². The number of aryl methyl sites for hydroxylation is 2. The number of nitrogens with one attached hydrogen (secondary N) is 1. The quantitative estimate of drug-likeness (QED) is 0.755. The van der Waals surface area contributed by atoms with Gasteiger partial charge in [0.25, 0.3) is 5.91 Å². The molecule has 1 amide bonds. The highest BCUT2D eigenvalue weighted by atomic mass is 16.2. The van der Waals surface area contributed by atoms with Crippen molar-refractivity contribution in [1.82, 2.24) is 30.1 Å². The molecule has 0 unspecified atom stereocenters. The molecule has 0 aliphatic carbocycles. The summed E-state index contributed by atoms with van der Waals surface area (Å²) < 4.78 is 0. The molecule has 3 rings (SSSR count). The lowest BCUT2D eigenvalue weighted by atomic mass is 10.1. The molecule has 1 saturated heterocycles. The van der Waals surface area contributed by atoms with Gasteiger partial charge < -0.3 is 15.1 Å². The van der Waals surface area contributed by atoms with Crippen LogP contribution in [0.1, 0.15) is 35.7 Å². The molecule has 8 heteroatoms. The van der Waals surface area contributed by atoms with E-state index in [4.69, 9.17) is 0 Å². The number of hydrogen-bond acceptors (Lipinski definition) is 7. The lowest BCUT2D eigenvalue weighted by Gasteiger charge is -2.32. The van der Waals surface area contributed by atoms with Crippen LogP contribution >= 0.6 is 0 Å². The third-order valence-electron chi connectivity index (χ3n) is 5.55. The van der Waals surface area contributed by atoms with E-state index < -0.39 is 0 Å². The molecule has 1 N–H and O–H groups in total. The second kappa shape index (κ2) is 9.45. The van der Waals surface area contributed by atoms with Crippen molar-refractivity contribution < 1.29 is 4.79 Å². The summed E-state index contributed by atoms with van der Waals surface area (Å²) in [5.41, 5.74) is 2.56. The van der Waals surface area contributed by atoms with Gasteiger partial charge in [-0.15, -0.1) is 0 Å². The fourth-order valence-electron chi connectivity index (χ4n) is 3.79. The third-order valence-corrected chi connectivity index (χ3v) is 5.55. The fourth-order valence-corrected chi connectivity index (χ4v) is 3.79. The Morgan fingerprint density at radius 1 is 1.10 bits per heavy atom. The van der Waals surface area contributed by atoms with Crippen molar-refractivity contribution in [1.29, 1.82) is 0 Å². The van der Waals surface area contributed by atoms with Gasteiger partial charge in [0, 0.05) is 58.1 Å². The van der Waals surface area contributed by atoms with Crippen LogP contribution in [0.3, 0.4) is 0 Å². The molecule has 0 bridgehead atoms. The van der Waals surface area contributed by atoms with Gasteiger partial charge in [-0.1, -0.05) is 0 Å². The Hall–Kier alpha value is -2.32. The van der Waals surface area contributed by atoms with Crippen LogP contribution in [0.5, 0.6) is 0 Å². The summed E-state index contributed by atoms with van der Waals surface area (Å²) >= 11 is 0. The molecule has 3 heterocycles. The number of hydrogen-bond donors (Lipinski definition) is 1. The summed E-state index contributed by atoms with van der Waals surface area (Å²) in [6.45, 7) is 15.4. The third kappa shape index (κ3) is 5.00. The molecule has 0 radical (unpaired) electrons. The van der Waals surface area contributed by atoms with E-state index in [2.05, 4.69) is 55.9 Å². The maximum absolute atomic E-state index is 12.8. The second-order valence-corrected chi connectivity index (χ2v) is 7.72. The topological polar surface area (TPSA) is 77.5 Å². The van der Waals surface area contributed by atoms with Gasteiger partial charge in [0.15, 0.2) is 5.65 Å². The number of carbonyl (C=O) groups excluding carboxylic acids is 1. The first kappa shape index (κ1) is 21.4. The van der Waals surface area contributed by atoms with Crippen molar-refractivity contribution in [2.45, 2.75) is 27.7 Å². The highest BCUT2D eigenvalue weighted by Crippen LogP contribution is 2.26. The Morgan fingerprint density at radius 2 is 1.79 bits per heavy atom. The maximum atomic E-state index is 12.8. The van der Waals surface area contributed by atoms with E-state index in [0.29, 0.717) is 12.2 Å². The predicted molar refractivity (Wildman–Crippen MR) is 117 cm³/mol. The van der Waals surface area contributed by atoms with Crippen LogP contribution in [0, 0.1) is 13.8 Å². The molecule has 8 nitrogen and oxygen atoms in total. The Bertz CT molecular complexity index is 858. The number of nitrogens with zero attached hydrogens (tertiary/aromatic N) is 6. The number of anilines is 1. The molecule has 29 heavy (non-hydrogen) atoms. The van der Waals surface area contributed by atoms with E-state index in [1.54, 1.807) is 0 Å². The van der Waals surface area contributed by atoms with Crippen LogP contribution in [-0.4, -0.2) is 90.1 Å². The highest BCUT2D eigenvalue weighted by molar-refractivity contribution is 5.96. The standard InChI is InChI=1S/C21H33N7O/c1-6-28(7-2)20-17-15(3)14-16(4)23-18(17)24-19(25-20)21(29)22-8-9-27-12-10-26(5)11-13-27/h14H,6-13H2,1-5H3,(H,22,29). The average molecular weight is 400 g/mol. The fraction of sp³-hybridized carbons (Fsp3) is 0.619. The lowest BCUT2D eigenvalue weighted by Crippen LogP contribution is -2.47. The van der Waals surface area contributed by atoms with Gasteiger partial charge in [-0.2, -0.15) is 0 Å². The van der Waals surface area contributed by atoms with E-state index in [1.807, 2.05) is 19.9 Å². The number of carbonyl (C=O) groups is 1. The van der Waals surface area contributed by atoms with Crippen molar-refractivity contribution in [3.05, 3.63) is 23.1 Å². The van der Waals surface area contributed by atoms with Crippen molar-refractivity contribution in [2.75, 3.05) is 64.3 Å². The van der Waals surface area contributed by atoms with Gasteiger partial charge in [-0.3, -0.25) is 9.69 Å². The number of aromatic nitrogens is 3. The van der Waals surface area contributed by atoms with Crippen molar-refractivity contribution >= 4 is 22.8 Å². The van der Waals surface area contributed by atoms with Gasteiger partial charge in [0.05, 0.1) is 5.39 Å². The van der Waals surface area contributed by atoms with E-state index in [9.17, 15) is 4.79 Å². The molecule has 0 saturated carbocycles. The molecule has 158 valence electrons. The number of piperazine rings is 1. The predicted octanol–water partition coefficient (Wildman–Crippen LogP) is 1.47. The van der Waals surface area contributed by atoms with E-state index in [0.717, 1.165) is 68.3 Å². The first-order valence-corrected chi connectivity index (χ1v) is 10.5. The van der Waals surface area contributed by atoms with Gasteiger partial charge in [-0.25, -0.2) is 15.0 Å². The van der Waals surface area contributed by atoms with Crippen LogP contribution in [-0.2, 0) is 0 Å². The van der Waals surface area contributed by atoms with E-state index in [-0.39, 0.29) is 11.7 Å². The van der Waals surface area contributed by atoms with E-state index >= 15 is 0 Å². The normalized spacial score (nSPS) is 15.6. The molecule has 1 aliphatic heterocycles. The van der Waals surface area contributed by atoms with Gasteiger partial charge in [-0.05, 0) is 46.4 Å². The molecule has 0 atom stereocenters. The van der Waals surface area contributed by atoms with Crippen LogP contribution in [0.4, 0.5) is 5.82 Å². The molecule has 2 aromatic rings. The number of fused-ring (bicyclic) bond motifs is 1. The minimum absolute atomic E-state index is 0.190. The monoisotopic (exact) mass is 399 g/mol. The van der Waals surface area contributed by atoms with Crippen LogP contribution in [0.15, 0.2) is 6.07 Å². The lowest BCUT2D eigenvalue weighted by molar-refractivity contribution is 0.0931. The van der Waals surface area contributed by atoms with Gasteiger partial charge in [0.1, 0.15) is 5.82 Å². The number of amides is 1. The van der Waals surface area contributed by atoms with Crippen molar-refractivity contribution in [3.63, 3.8) is 0 Å². The zero-order valence-electron chi connectivity index (χ0n) is 18.3. The molecule has 1 aliphatic rings. The first-order valence-electron chi connectivity index (χ1n) is 10.5. The minimum Gasteiger partial charge on any atom is -0.356 e. The summed E-state index contributed by atoms with van der Waals surface area (Å²) in [5.74, 6) is 0.736. The Kier molecular flexibility index (Phi) is 6.97. The number of pyridine rings is 1. The zero-order valence-corrected chi connectivity index (χ0v) is 18.3. The summed E-state index contributed by atoms with van der Waals surface area (Å²) in [7, 11) is 2.14. The molecule has 0 aromatic carbocycles. The Morgan fingerprint density at radius 3 is 2.45 bits per heavy atom. The van der Waals surface area contributed by atoms with Gasteiger partial charge >= 0.3 is 0 Å². The molecule has 1 fully saturated rings. The van der Waals surface area contributed by atoms with Crippen LogP contribution in [0.2, 0.25) is 0 Å². The number of rotatable bonds is 7. The molecule has 2 aromatic heterocycles. The largest absolute Gasteiger partial charge is 0.356 e. The molecular weight excluding hydrogens is 366 g/mol. The Balaban J connectivity index is 1.80. The maximum Gasteiger partial charge on any atom is 0.289 e. The van der Waals surface area contributed by atoms with Gasteiger partial charge in [0.2, 0.25) is 5.82 Å². The van der Waals surface area contributed by atoms with Crippen LogP contribution in [0.25, 0.3) is 11.0 Å². The van der Waals surface area contributed by atoms with E-state index in [1.165, 1.54) is 0 Å². The zero-order chi connectivity index (χ0) is 21.0. The summed E-state index contributed by atoms with van der Waals surface area (Å²) in [6, 6.07) is 2.04. The summed E-state index contributed by atoms with van der Waals surface area (Å²) in [6.07, 6.45) is 0. The first-order chi connectivity index (χ1) is 13.9. The smallest absolute Gasteiger partial charge is 0.289 e. The minimum atomic E-state index is -0.240. The Labute approximate surface area is 173 Å². The van der Waals surface area contributed by atoms with Crippen molar-refractivity contribution in [3.8, 4) is 0 Å². The SMILES string of the molecule is CCN(CC)c1nc(C(=O)NCCN2CCN(C)CC2)nc2nc(C)cc(C)c12. The number of likely N-dealkylation sites (N-methyl/N-ethyl adjacent to an activating group) is 1. The summed E-state index contributed by atoms with van der Waals surface area (Å²) in [4.78, 5) is 33.4.